The normalized spacial score (nSPS) is 13.5. The minimum absolute atomic E-state index is 0.0606. The van der Waals surface area contributed by atoms with Gasteiger partial charge in [0.05, 0.1) is 6.54 Å². The van der Waals surface area contributed by atoms with Gasteiger partial charge in [0.25, 0.3) is 5.91 Å². The van der Waals surface area contributed by atoms with Crippen molar-refractivity contribution >= 4 is 23.8 Å². The van der Waals surface area contributed by atoms with Gasteiger partial charge in [-0.15, -0.1) is 0 Å². The average molecular weight is 357 g/mol. The Labute approximate surface area is 154 Å². The zero-order valence-electron chi connectivity index (χ0n) is 15.7. The van der Waals surface area contributed by atoms with Crippen LogP contribution in [0.25, 0.3) is 6.08 Å². The molecule has 2 rings (SSSR count). The molecule has 1 aliphatic carbocycles. The monoisotopic (exact) mass is 357 g/mol. The lowest BCUT2D eigenvalue weighted by Crippen LogP contribution is -2.40. The van der Waals surface area contributed by atoms with Gasteiger partial charge in [0, 0.05) is 37.8 Å². The zero-order chi connectivity index (χ0) is 19.1. The number of rotatable bonds is 8. The van der Waals surface area contributed by atoms with Crippen molar-refractivity contribution in [3.8, 4) is 0 Å². The maximum absolute atomic E-state index is 12.2. The van der Waals surface area contributed by atoms with Crippen LogP contribution in [0.2, 0.25) is 0 Å². The molecule has 0 saturated heterocycles. The minimum atomic E-state index is -0.235. The molecule has 6 heteroatoms. The highest BCUT2D eigenvalue weighted by Gasteiger charge is 2.23. The van der Waals surface area contributed by atoms with Gasteiger partial charge in [-0.1, -0.05) is 12.1 Å². The number of nitrogens with one attached hydrogen (secondary N) is 1. The van der Waals surface area contributed by atoms with E-state index in [0.717, 1.165) is 18.4 Å². The van der Waals surface area contributed by atoms with Crippen LogP contribution in [0.4, 0.5) is 0 Å². The fourth-order valence-corrected chi connectivity index (χ4v) is 2.49. The number of hydrogen-bond acceptors (Lipinski definition) is 3. The second-order valence-electron chi connectivity index (χ2n) is 6.46. The Morgan fingerprint density at radius 1 is 1.12 bits per heavy atom. The van der Waals surface area contributed by atoms with E-state index in [9.17, 15) is 14.4 Å². The number of nitrogens with zero attached hydrogens (tertiary/aromatic N) is 2. The van der Waals surface area contributed by atoms with Crippen LogP contribution in [0.1, 0.15) is 42.6 Å². The average Bonchev–Trinajstić information content (AvgIpc) is 3.45. The molecule has 0 bridgehead atoms. The standard InChI is InChI=1S/C20H27N3O3/c1-4-23(5-2)19(25)14-22(3)18(24)13-8-15-6-9-16(10-7-15)20(26)21-17-11-12-17/h6-10,13,17H,4-5,11-12,14H2,1-3H3,(H,21,26)/b13-8+. The molecular formula is C20H27N3O3. The third-order valence-electron chi connectivity index (χ3n) is 4.37. The molecular weight excluding hydrogens is 330 g/mol. The lowest BCUT2D eigenvalue weighted by atomic mass is 10.1. The molecule has 0 heterocycles. The van der Waals surface area contributed by atoms with Gasteiger partial charge in [-0.3, -0.25) is 14.4 Å². The molecule has 1 aromatic carbocycles. The van der Waals surface area contributed by atoms with Crippen molar-refractivity contribution in [2.75, 3.05) is 26.7 Å². The summed E-state index contributed by atoms with van der Waals surface area (Å²) in [5.41, 5.74) is 1.44. The Bertz CT molecular complexity index is 674. The van der Waals surface area contributed by atoms with E-state index >= 15 is 0 Å². The Morgan fingerprint density at radius 2 is 1.73 bits per heavy atom. The van der Waals surface area contributed by atoms with Crippen molar-refractivity contribution in [2.24, 2.45) is 0 Å². The van der Waals surface area contributed by atoms with E-state index in [1.165, 1.54) is 11.0 Å². The predicted octanol–water partition coefficient (Wildman–Crippen LogP) is 1.92. The Morgan fingerprint density at radius 3 is 2.27 bits per heavy atom. The van der Waals surface area contributed by atoms with Crippen molar-refractivity contribution < 1.29 is 14.4 Å². The van der Waals surface area contributed by atoms with Gasteiger partial charge in [-0.2, -0.15) is 0 Å². The van der Waals surface area contributed by atoms with Crippen LogP contribution in [0, 0.1) is 0 Å². The maximum Gasteiger partial charge on any atom is 0.251 e. The van der Waals surface area contributed by atoms with Gasteiger partial charge >= 0.3 is 0 Å². The molecule has 1 aliphatic rings. The van der Waals surface area contributed by atoms with Gasteiger partial charge < -0.3 is 15.1 Å². The molecule has 0 spiro atoms. The van der Waals surface area contributed by atoms with Gasteiger partial charge in [0.15, 0.2) is 0 Å². The molecule has 0 aromatic heterocycles. The van der Waals surface area contributed by atoms with Gasteiger partial charge in [-0.25, -0.2) is 0 Å². The Hall–Kier alpha value is -2.63. The molecule has 1 N–H and O–H groups in total. The van der Waals surface area contributed by atoms with Gasteiger partial charge in [0.2, 0.25) is 11.8 Å². The van der Waals surface area contributed by atoms with Crippen LogP contribution < -0.4 is 5.32 Å². The number of hydrogen-bond donors (Lipinski definition) is 1. The third kappa shape index (κ3) is 5.72. The summed E-state index contributed by atoms with van der Waals surface area (Å²) < 4.78 is 0. The summed E-state index contributed by atoms with van der Waals surface area (Å²) >= 11 is 0. The summed E-state index contributed by atoms with van der Waals surface area (Å²) in [5, 5.41) is 2.94. The molecule has 0 atom stereocenters. The first kappa shape index (κ1) is 19.7. The van der Waals surface area contributed by atoms with Crippen LogP contribution in [0.3, 0.4) is 0 Å². The summed E-state index contributed by atoms with van der Waals surface area (Å²) in [6.07, 6.45) is 5.23. The summed E-state index contributed by atoms with van der Waals surface area (Å²) in [5.74, 6) is -0.361. The second-order valence-corrected chi connectivity index (χ2v) is 6.46. The smallest absolute Gasteiger partial charge is 0.251 e. The van der Waals surface area contributed by atoms with Crippen molar-refractivity contribution in [2.45, 2.75) is 32.7 Å². The first-order valence-corrected chi connectivity index (χ1v) is 9.06. The Balaban J connectivity index is 1.88. The second kappa shape index (κ2) is 9.17. The highest BCUT2D eigenvalue weighted by Crippen LogP contribution is 2.19. The molecule has 3 amide bonds. The van der Waals surface area contributed by atoms with Crippen molar-refractivity contribution in [3.05, 3.63) is 41.5 Å². The van der Waals surface area contributed by atoms with Crippen LogP contribution in [0.5, 0.6) is 0 Å². The summed E-state index contributed by atoms with van der Waals surface area (Å²) in [4.78, 5) is 39.2. The lowest BCUT2D eigenvalue weighted by Gasteiger charge is -2.22. The highest BCUT2D eigenvalue weighted by atomic mass is 16.2. The SMILES string of the molecule is CCN(CC)C(=O)CN(C)C(=O)/C=C/c1ccc(C(=O)NC2CC2)cc1. The third-order valence-corrected chi connectivity index (χ3v) is 4.37. The largest absolute Gasteiger partial charge is 0.349 e. The van der Waals surface area contributed by atoms with Crippen LogP contribution in [-0.2, 0) is 9.59 Å². The number of carbonyl (C=O) groups excluding carboxylic acids is 3. The fourth-order valence-electron chi connectivity index (χ4n) is 2.49. The Kier molecular flexibility index (Phi) is 6.95. The molecule has 6 nitrogen and oxygen atoms in total. The van der Waals surface area contributed by atoms with Crippen molar-refractivity contribution in [3.63, 3.8) is 0 Å². The number of benzene rings is 1. The maximum atomic E-state index is 12.2. The van der Waals surface area contributed by atoms with Crippen LogP contribution in [0.15, 0.2) is 30.3 Å². The predicted molar refractivity (Wildman–Crippen MR) is 102 cm³/mol. The van der Waals surface area contributed by atoms with Crippen molar-refractivity contribution in [1.82, 2.24) is 15.1 Å². The van der Waals surface area contributed by atoms with E-state index < -0.39 is 0 Å². The van der Waals surface area contributed by atoms with Crippen LogP contribution in [-0.4, -0.2) is 60.2 Å². The quantitative estimate of drug-likeness (QED) is 0.723. The zero-order valence-corrected chi connectivity index (χ0v) is 15.7. The molecule has 0 unspecified atom stereocenters. The number of amides is 3. The van der Waals surface area contributed by atoms with E-state index in [-0.39, 0.29) is 24.3 Å². The number of carbonyl (C=O) groups is 3. The van der Waals surface area contributed by atoms with E-state index in [4.69, 9.17) is 0 Å². The van der Waals surface area contributed by atoms with E-state index in [1.54, 1.807) is 42.3 Å². The summed E-state index contributed by atoms with van der Waals surface area (Å²) in [7, 11) is 1.61. The lowest BCUT2D eigenvalue weighted by molar-refractivity contribution is -0.136. The molecule has 1 saturated carbocycles. The summed E-state index contributed by atoms with van der Waals surface area (Å²) in [6.45, 7) is 5.16. The number of likely N-dealkylation sites (N-methyl/N-ethyl adjacent to an activating group) is 2. The van der Waals surface area contributed by atoms with E-state index in [1.807, 2.05) is 13.8 Å². The van der Waals surface area contributed by atoms with Crippen molar-refractivity contribution in [1.29, 1.82) is 0 Å². The summed E-state index contributed by atoms with van der Waals surface area (Å²) in [6, 6.07) is 7.42. The first-order chi connectivity index (χ1) is 12.4. The molecule has 1 fully saturated rings. The highest BCUT2D eigenvalue weighted by molar-refractivity contribution is 5.96. The van der Waals surface area contributed by atoms with Gasteiger partial charge in [-0.05, 0) is 50.5 Å². The van der Waals surface area contributed by atoms with E-state index in [2.05, 4.69) is 5.32 Å². The molecule has 1 aromatic rings. The van der Waals surface area contributed by atoms with E-state index in [0.29, 0.717) is 24.7 Å². The molecule has 0 aliphatic heterocycles. The molecule has 140 valence electrons. The minimum Gasteiger partial charge on any atom is -0.349 e. The van der Waals surface area contributed by atoms with Crippen LogP contribution >= 0.6 is 0 Å². The topological polar surface area (TPSA) is 69.7 Å². The van der Waals surface area contributed by atoms with Gasteiger partial charge in [0.1, 0.15) is 0 Å². The molecule has 26 heavy (non-hydrogen) atoms. The molecule has 0 radical (unpaired) electrons. The fraction of sp³-hybridized carbons (Fsp3) is 0.450. The first-order valence-electron chi connectivity index (χ1n) is 9.06.